The van der Waals surface area contributed by atoms with Gasteiger partial charge in [-0.25, -0.2) is 0 Å². The highest BCUT2D eigenvalue weighted by molar-refractivity contribution is 5.95. The van der Waals surface area contributed by atoms with E-state index in [1.165, 1.54) is 0 Å². The second kappa shape index (κ2) is 5.52. The first kappa shape index (κ1) is 12.3. The first-order valence-electron chi connectivity index (χ1n) is 6.38. The molecular weight excluding hydrogens is 252 g/mol. The fourth-order valence-electron chi connectivity index (χ4n) is 2.05. The summed E-state index contributed by atoms with van der Waals surface area (Å²) in [7, 11) is 0. The molecule has 2 aromatic rings. The monoisotopic (exact) mass is 266 g/mol. The van der Waals surface area contributed by atoms with Gasteiger partial charge in [-0.3, -0.25) is 14.8 Å². The zero-order valence-corrected chi connectivity index (χ0v) is 10.8. The molecule has 1 amide bonds. The number of nitrogens with one attached hydrogen (secondary N) is 2. The lowest BCUT2D eigenvalue weighted by atomic mass is 10.1. The minimum Gasteiger partial charge on any atom is -0.348 e. The molecule has 0 saturated carbocycles. The number of anilines is 1. The lowest BCUT2D eigenvalue weighted by Crippen LogP contribution is -2.23. The third-order valence-corrected chi connectivity index (χ3v) is 3.14. The van der Waals surface area contributed by atoms with Crippen molar-refractivity contribution in [1.82, 2.24) is 10.3 Å². The number of aromatic nitrogens is 1. The summed E-state index contributed by atoms with van der Waals surface area (Å²) in [5.74, 6) is -0.0841. The topological polar surface area (TPSA) is 66.4 Å². The molecule has 3 rings (SSSR count). The molecule has 5 heteroatoms. The largest absolute Gasteiger partial charge is 0.348 e. The number of amides is 1. The Balaban J connectivity index is 1.69. The van der Waals surface area contributed by atoms with Crippen molar-refractivity contribution in [2.45, 2.75) is 13.1 Å². The van der Waals surface area contributed by atoms with Crippen LogP contribution in [0.5, 0.6) is 0 Å². The Hall–Kier alpha value is -2.69. The number of fused-ring (bicyclic) bond motifs is 1. The third kappa shape index (κ3) is 2.66. The van der Waals surface area contributed by atoms with Gasteiger partial charge in [0, 0.05) is 30.2 Å². The van der Waals surface area contributed by atoms with E-state index in [0.29, 0.717) is 18.7 Å². The molecule has 1 aliphatic rings. The van der Waals surface area contributed by atoms with Crippen LogP contribution < -0.4 is 10.6 Å². The predicted molar refractivity (Wildman–Crippen MR) is 77.7 cm³/mol. The van der Waals surface area contributed by atoms with Gasteiger partial charge in [-0.1, -0.05) is 0 Å². The van der Waals surface area contributed by atoms with Gasteiger partial charge < -0.3 is 10.6 Å². The summed E-state index contributed by atoms with van der Waals surface area (Å²) in [6.07, 6.45) is 5.10. The molecule has 5 nitrogen and oxygen atoms in total. The van der Waals surface area contributed by atoms with E-state index in [4.69, 9.17) is 0 Å². The Bertz CT molecular complexity index is 652. The van der Waals surface area contributed by atoms with E-state index in [1.807, 2.05) is 30.3 Å². The highest BCUT2D eigenvalue weighted by Gasteiger charge is 2.10. The lowest BCUT2D eigenvalue weighted by Gasteiger charge is -2.13. The predicted octanol–water partition coefficient (Wildman–Crippen LogP) is 1.97. The van der Waals surface area contributed by atoms with Gasteiger partial charge >= 0.3 is 0 Å². The van der Waals surface area contributed by atoms with Crippen LogP contribution in [0.4, 0.5) is 5.69 Å². The molecule has 0 atom stereocenters. The number of rotatable bonds is 3. The summed E-state index contributed by atoms with van der Waals surface area (Å²) in [6.45, 7) is 1.10. The molecule has 0 spiro atoms. The van der Waals surface area contributed by atoms with Crippen molar-refractivity contribution in [2.24, 2.45) is 4.99 Å². The zero-order valence-electron chi connectivity index (χ0n) is 10.8. The molecule has 0 fully saturated rings. The summed E-state index contributed by atoms with van der Waals surface area (Å²) in [5.41, 5.74) is 3.71. The maximum Gasteiger partial charge on any atom is 0.251 e. The summed E-state index contributed by atoms with van der Waals surface area (Å²) >= 11 is 0. The van der Waals surface area contributed by atoms with Gasteiger partial charge in [-0.05, 0) is 41.5 Å². The van der Waals surface area contributed by atoms with Crippen molar-refractivity contribution in [3.05, 3.63) is 59.4 Å². The molecule has 0 radical (unpaired) electrons. The Morgan fingerprint density at radius 3 is 2.95 bits per heavy atom. The normalized spacial score (nSPS) is 12.4. The van der Waals surface area contributed by atoms with Crippen LogP contribution in [0.25, 0.3) is 0 Å². The molecule has 1 aromatic carbocycles. The average Bonchev–Trinajstić information content (AvgIpc) is 2.53. The number of nitrogens with zero attached hydrogens (tertiary/aromatic N) is 2. The smallest absolute Gasteiger partial charge is 0.251 e. The number of pyridine rings is 1. The first-order chi connectivity index (χ1) is 9.83. The fraction of sp³-hybridized carbons (Fsp3) is 0.133. The van der Waals surface area contributed by atoms with E-state index >= 15 is 0 Å². The summed E-state index contributed by atoms with van der Waals surface area (Å²) in [5, 5.41) is 5.95. The quantitative estimate of drug-likeness (QED) is 0.892. The fourth-order valence-corrected chi connectivity index (χ4v) is 2.05. The lowest BCUT2D eigenvalue weighted by molar-refractivity contribution is 0.0951. The van der Waals surface area contributed by atoms with Crippen molar-refractivity contribution >= 4 is 17.9 Å². The van der Waals surface area contributed by atoms with E-state index in [2.05, 4.69) is 20.6 Å². The van der Waals surface area contributed by atoms with Crippen LogP contribution >= 0.6 is 0 Å². The number of hydrogen-bond acceptors (Lipinski definition) is 4. The van der Waals surface area contributed by atoms with Crippen LogP contribution in [0.1, 0.15) is 21.5 Å². The Labute approximate surface area is 116 Å². The summed E-state index contributed by atoms with van der Waals surface area (Å²) in [6, 6.07) is 9.35. The molecule has 0 unspecified atom stereocenters. The Morgan fingerprint density at radius 2 is 2.10 bits per heavy atom. The number of benzene rings is 1. The van der Waals surface area contributed by atoms with Gasteiger partial charge in [-0.2, -0.15) is 0 Å². The number of hydrogen-bond donors (Lipinski definition) is 2. The molecule has 0 bridgehead atoms. The number of aliphatic imine (C=N–C) groups is 1. The molecule has 2 heterocycles. The van der Waals surface area contributed by atoms with Crippen molar-refractivity contribution < 1.29 is 4.79 Å². The molecule has 2 N–H and O–H groups in total. The van der Waals surface area contributed by atoms with Crippen molar-refractivity contribution in [3.63, 3.8) is 0 Å². The first-order valence-corrected chi connectivity index (χ1v) is 6.38. The van der Waals surface area contributed by atoms with Crippen LogP contribution in [0.2, 0.25) is 0 Å². The number of carbonyl (C=O) groups excluding carboxylic acids is 1. The second-order valence-electron chi connectivity index (χ2n) is 4.52. The molecule has 100 valence electrons. The van der Waals surface area contributed by atoms with E-state index < -0.39 is 0 Å². The standard InChI is InChI=1S/C15H14N4O/c20-15(18-8-11-3-5-16-6-4-11)12-1-2-14-13(7-12)9-17-10-19-14/h1-7,10H,8-9H2,(H,17,19)(H,18,20). The molecule has 0 saturated heterocycles. The van der Waals surface area contributed by atoms with Crippen LogP contribution in [0.3, 0.4) is 0 Å². The minimum atomic E-state index is -0.0841. The van der Waals surface area contributed by atoms with Crippen LogP contribution in [-0.2, 0) is 13.1 Å². The Kier molecular flexibility index (Phi) is 3.41. The van der Waals surface area contributed by atoms with Crippen molar-refractivity contribution in [2.75, 3.05) is 5.32 Å². The van der Waals surface area contributed by atoms with Gasteiger partial charge in [0.15, 0.2) is 0 Å². The van der Waals surface area contributed by atoms with Crippen LogP contribution in [0, 0.1) is 0 Å². The molecule has 0 aliphatic carbocycles. The summed E-state index contributed by atoms with van der Waals surface area (Å²) < 4.78 is 0. The molecule has 1 aromatic heterocycles. The SMILES string of the molecule is O=C(NCc1ccncc1)c1ccc2c(c1)CN=CN2. The third-order valence-electron chi connectivity index (χ3n) is 3.14. The van der Waals surface area contributed by atoms with Gasteiger partial charge in [0.25, 0.3) is 5.91 Å². The van der Waals surface area contributed by atoms with Crippen molar-refractivity contribution in [1.29, 1.82) is 0 Å². The van der Waals surface area contributed by atoms with E-state index in [0.717, 1.165) is 16.8 Å². The minimum absolute atomic E-state index is 0.0841. The zero-order chi connectivity index (χ0) is 13.8. The van der Waals surface area contributed by atoms with Gasteiger partial charge in [0.2, 0.25) is 0 Å². The highest BCUT2D eigenvalue weighted by atomic mass is 16.1. The maximum absolute atomic E-state index is 12.1. The average molecular weight is 266 g/mol. The summed E-state index contributed by atoms with van der Waals surface area (Å²) in [4.78, 5) is 20.2. The number of carbonyl (C=O) groups is 1. The van der Waals surface area contributed by atoms with Gasteiger partial charge in [0.05, 0.1) is 12.9 Å². The second-order valence-corrected chi connectivity index (χ2v) is 4.52. The Morgan fingerprint density at radius 1 is 1.25 bits per heavy atom. The maximum atomic E-state index is 12.1. The van der Waals surface area contributed by atoms with Crippen LogP contribution in [0.15, 0.2) is 47.7 Å². The van der Waals surface area contributed by atoms with E-state index in [9.17, 15) is 4.79 Å². The molecule has 20 heavy (non-hydrogen) atoms. The van der Waals surface area contributed by atoms with E-state index in [1.54, 1.807) is 18.7 Å². The highest BCUT2D eigenvalue weighted by Crippen LogP contribution is 2.20. The van der Waals surface area contributed by atoms with Crippen LogP contribution in [-0.4, -0.2) is 17.2 Å². The molecule has 1 aliphatic heterocycles. The van der Waals surface area contributed by atoms with Gasteiger partial charge in [-0.15, -0.1) is 0 Å². The van der Waals surface area contributed by atoms with Crippen molar-refractivity contribution in [3.8, 4) is 0 Å². The molecular formula is C15H14N4O. The van der Waals surface area contributed by atoms with Gasteiger partial charge in [0.1, 0.15) is 0 Å². The van der Waals surface area contributed by atoms with E-state index in [-0.39, 0.29) is 5.91 Å².